The summed E-state index contributed by atoms with van der Waals surface area (Å²) in [7, 11) is 1.75. The van der Waals surface area contributed by atoms with Gasteiger partial charge in [0, 0.05) is 19.6 Å². The Morgan fingerprint density at radius 1 is 1.50 bits per heavy atom. The average molecular weight is 252 g/mol. The van der Waals surface area contributed by atoms with Gasteiger partial charge in [-0.1, -0.05) is 13.3 Å². The fourth-order valence-electron chi connectivity index (χ4n) is 2.59. The molecule has 18 heavy (non-hydrogen) atoms. The molecular weight excluding hydrogens is 231 g/mol. The van der Waals surface area contributed by atoms with Gasteiger partial charge in [0.05, 0.1) is 6.20 Å². The van der Waals surface area contributed by atoms with Crippen molar-refractivity contribution >= 4 is 11.8 Å². The summed E-state index contributed by atoms with van der Waals surface area (Å²) >= 11 is 0. The molecule has 0 radical (unpaired) electrons. The van der Waals surface area contributed by atoms with Gasteiger partial charge in [0.2, 0.25) is 5.95 Å². The van der Waals surface area contributed by atoms with Crippen molar-refractivity contribution in [2.45, 2.75) is 45.1 Å². The molecule has 0 aliphatic carbocycles. The summed E-state index contributed by atoms with van der Waals surface area (Å²) < 4.78 is 13.9. The Morgan fingerprint density at radius 2 is 2.33 bits per heavy atom. The Bertz CT molecular complexity index is 395. The Kier molecular flexibility index (Phi) is 4.33. The number of nitrogens with one attached hydrogen (secondary N) is 1. The van der Waals surface area contributed by atoms with Gasteiger partial charge in [0.15, 0.2) is 11.6 Å². The van der Waals surface area contributed by atoms with E-state index in [9.17, 15) is 4.39 Å². The summed E-state index contributed by atoms with van der Waals surface area (Å²) in [5, 5.41) is 2.86. The molecule has 1 saturated heterocycles. The van der Waals surface area contributed by atoms with Crippen molar-refractivity contribution in [3.8, 4) is 0 Å². The smallest absolute Gasteiger partial charge is 0.224 e. The van der Waals surface area contributed by atoms with Gasteiger partial charge in [-0.3, -0.25) is 0 Å². The largest absolute Gasteiger partial charge is 0.357 e. The quantitative estimate of drug-likeness (QED) is 0.894. The van der Waals surface area contributed by atoms with E-state index in [0.29, 0.717) is 17.8 Å². The number of hydrogen-bond donors (Lipinski definition) is 1. The van der Waals surface area contributed by atoms with Gasteiger partial charge in [-0.2, -0.15) is 4.98 Å². The molecule has 1 aromatic rings. The molecule has 4 nitrogen and oxygen atoms in total. The lowest BCUT2D eigenvalue weighted by Crippen LogP contribution is -2.40. The molecular formula is C13H21FN4. The maximum Gasteiger partial charge on any atom is 0.224 e. The fourth-order valence-corrected chi connectivity index (χ4v) is 2.59. The van der Waals surface area contributed by atoms with Crippen LogP contribution in [0.15, 0.2) is 6.20 Å². The molecule has 1 aliphatic heterocycles. The third-order valence-electron chi connectivity index (χ3n) is 3.47. The van der Waals surface area contributed by atoms with Gasteiger partial charge < -0.3 is 10.2 Å². The van der Waals surface area contributed by atoms with Crippen molar-refractivity contribution in [2.24, 2.45) is 0 Å². The van der Waals surface area contributed by atoms with E-state index in [0.717, 1.165) is 32.2 Å². The molecule has 0 aromatic carbocycles. The van der Waals surface area contributed by atoms with Crippen LogP contribution in [0.5, 0.6) is 0 Å². The lowest BCUT2D eigenvalue weighted by molar-refractivity contribution is 0.425. The minimum absolute atomic E-state index is 0.322. The van der Waals surface area contributed by atoms with Crippen molar-refractivity contribution in [1.82, 2.24) is 9.97 Å². The van der Waals surface area contributed by atoms with E-state index in [-0.39, 0.29) is 5.82 Å². The van der Waals surface area contributed by atoms with E-state index in [1.54, 1.807) is 7.05 Å². The van der Waals surface area contributed by atoms with Gasteiger partial charge in [0.1, 0.15) is 0 Å². The zero-order chi connectivity index (χ0) is 13.0. The molecule has 1 fully saturated rings. The number of nitrogens with zero attached hydrogens (tertiary/aromatic N) is 3. The molecule has 2 heterocycles. The van der Waals surface area contributed by atoms with Crippen LogP contribution in [0.3, 0.4) is 0 Å². The zero-order valence-electron chi connectivity index (χ0n) is 11.1. The average Bonchev–Trinajstić information content (AvgIpc) is 2.41. The van der Waals surface area contributed by atoms with E-state index in [1.807, 2.05) is 0 Å². The van der Waals surface area contributed by atoms with E-state index in [1.165, 1.54) is 12.6 Å². The lowest BCUT2D eigenvalue weighted by atomic mass is 9.98. The van der Waals surface area contributed by atoms with Crippen molar-refractivity contribution in [3.63, 3.8) is 0 Å². The summed E-state index contributed by atoms with van der Waals surface area (Å²) in [6.45, 7) is 3.06. The van der Waals surface area contributed by atoms with Gasteiger partial charge in [-0.05, 0) is 25.7 Å². The van der Waals surface area contributed by atoms with Gasteiger partial charge in [-0.15, -0.1) is 0 Å². The molecule has 100 valence electrons. The van der Waals surface area contributed by atoms with Gasteiger partial charge in [-0.25, -0.2) is 9.37 Å². The second kappa shape index (κ2) is 5.98. The molecule has 1 N–H and O–H groups in total. The Morgan fingerprint density at radius 3 is 3.06 bits per heavy atom. The third kappa shape index (κ3) is 2.71. The fraction of sp³-hybridized carbons (Fsp3) is 0.692. The first-order chi connectivity index (χ1) is 8.76. The summed E-state index contributed by atoms with van der Waals surface area (Å²) in [5.41, 5.74) is 0. The summed E-state index contributed by atoms with van der Waals surface area (Å²) in [6.07, 6.45) is 6.94. The molecule has 5 heteroatoms. The second-order valence-corrected chi connectivity index (χ2v) is 4.75. The number of anilines is 2. The number of halogens is 1. The predicted octanol–water partition coefficient (Wildman–Crippen LogP) is 2.82. The Balaban J connectivity index is 2.26. The molecule has 0 spiro atoms. The van der Waals surface area contributed by atoms with Crippen molar-refractivity contribution < 1.29 is 4.39 Å². The SMILES string of the molecule is CCCC1CCCCN1c1nc(NC)ncc1F. The summed E-state index contributed by atoms with van der Waals surface area (Å²) in [6, 6.07) is 0.415. The summed E-state index contributed by atoms with van der Waals surface area (Å²) in [4.78, 5) is 10.3. The highest BCUT2D eigenvalue weighted by molar-refractivity contribution is 5.45. The van der Waals surface area contributed by atoms with Crippen LogP contribution in [0.1, 0.15) is 39.0 Å². The molecule has 1 aliphatic rings. The molecule has 0 bridgehead atoms. The summed E-state index contributed by atoms with van der Waals surface area (Å²) in [5.74, 6) is 0.608. The number of rotatable bonds is 4. The van der Waals surface area contributed by atoms with Crippen molar-refractivity contribution in [2.75, 3.05) is 23.8 Å². The topological polar surface area (TPSA) is 41.1 Å². The first-order valence-electron chi connectivity index (χ1n) is 6.73. The Hall–Kier alpha value is -1.39. The van der Waals surface area contributed by atoms with Gasteiger partial charge >= 0.3 is 0 Å². The van der Waals surface area contributed by atoms with Crippen molar-refractivity contribution in [1.29, 1.82) is 0 Å². The zero-order valence-corrected chi connectivity index (χ0v) is 11.1. The third-order valence-corrected chi connectivity index (χ3v) is 3.47. The van der Waals surface area contributed by atoms with Crippen LogP contribution in [0.4, 0.5) is 16.2 Å². The number of aromatic nitrogens is 2. The minimum atomic E-state index is -0.322. The van der Waals surface area contributed by atoms with E-state index in [4.69, 9.17) is 0 Å². The van der Waals surface area contributed by atoms with Gasteiger partial charge in [0.25, 0.3) is 0 Å². The maximum atomic E-state index is 13.9. The second-order valence-electron chi connectivity index (χ2n) is 4.75. The predicted molar refractivity (Wildman–Crippen MR) is 71.4 cm³/mol. The van der Waals surface area contributed by atoms with Crippen LogP contribution in [0, 0.1) is 5.82 Å². The van der Waals surface area contributed by atoms with E-state index >= 15 is 0 Å². The van der Waals surface area contributed by atoms with Crippen LogP contribution in [-0.2, 0) is 0 Å². The van der Waals surface area contributed by atoms with Crippen LogP contribution < -0.4 is 10.2 Å². The maximum absolute atomic E-state index is 13.9. The molecule has 0 amide bonds. The van der Waals surface area contributed by atoms with Crippen LogP contribution in [0.2, 0.25) is 0 Å². The monoisotopic (exact) mass is 252 g/mol. The Labute approximate surface area is 108 Å². The normalized spacial score (nSPS) is 19.9. The molecule has 2 rings (SSSR count). The van der Waals surface area contributed by atoms with Crippen molar-refractivity contribution in [3.05, 3.63) is 12.0 Å². The highest BCUT2D eigenvalue weighted by Gasteiger charge is 2.25. The lowest BCUT2D eigenvalue weighted by Gasteiger charge is -2.36. The molecule has 1 atom stereocenters. The minimum Gasteiger partial charge on any atom is -0.357 e. The number of piperidine rings is 1. The molecule has 0 saturated carbocycles. The van der Waals surface area contributed by atoms with Crippen LogP contribution >= 0.6 is 0 Å². The molecule has 1 aromatic heterocycles. The first kappa shape index (κ1) is 13.1. The first-order valence-corrected chi connectivity index (χ1v) is 6.73. The van der Waals surface area contributed by atoms with Crippen LogP contribution in [0.25, 0.3) is 0 Å². The molecule has 1 unspecified atom stereocenters. The standard InChI is InChI=1S/C13H21FN4/c1-3-6-10-7-4-5-8-18(10)12-11(14)9-16-13(15-2)17-12/h9-10H,3-8H2,1-2H3,(H,15,16,17). The highest BCUT2D eigenvalue weighted by Crippen LogP contribution is 2.28. The van der Waals surface area contributed by atoms with E-state index in [2.05, 4.69) is 27.1 Å². The van der Waals surface area contributed by atoms with E-state index < -0.39 is 0 Å². The van der Waals surface area contributed by atoms with Crippen LogP contribution in [-0.4, -0.2) is 29.6 Å². The number of hydrogen-bond acceptors (Lipinski definition) is 4. The highest BCUT2D eigenvalue weighted by atomic mass is 19.1.